The number of rotatable bonds is 5. The highest BCUT2D eigenvalue weighted by Gasteiger charge is 2.18. The molecule has 0 saturated heterocycles. The molecule has 3 nitrogen and oxygen atoms in total. The van der Waals surface area contributed by atoms with E-state index in [1.54, 1.807) is 13.0 Å². The van der Waals surface area contributed by atoms with Crippen molar-refractivity contribution in [1.29, 1.82) is 0 Å². The van der Waals surface area contributed by atoms with Crippen LogP contribution in [0, 0.1) is 6.92 Å². The average Bonchev–Trinajstić information content (AvgIpc) is 2.27. The highest BCUT2D eigenvalue weighted by molar-refractivity contribution is 6.17. The Bertz CT molecular complexity index is 377. The fourth-order valence-corrected chi connectivity index (χ4v) is 1.68. The van der Waals surface area contributed by atoms with E-state index in [9.17, 15) is 9.90 Å². The van der Waals surface area contributed by atoms with Gasteiger partial charge in [0.05, 0.1) is 0 Å². The van der Waals surface area contributed by atoms with Crippen LogP contribution in [0.5, 0.6) is 0 Å². The van der Waals surface area contributed by atoms with Crippen molar-refractivity contribution < 1.29 is 15.0 Å². The largest absolute Gasteiger partial charge is 0.479 e. The van der Waals surface area contributed by atoms with Gasteiger partial charge in [-0.2, -0.15) is 0 Å². The molecule has 0 aliphatic heterocycles. The highest BCUT2D eigenvalue weighted by atomic mass is 35.5. The molecular formula is C12H15ClO3. The Labute approximate surface area is 99.7 Å². The van der Waals surface area contributed by atoms with E-state index in [1.165, 1.54) is 0 Å². The Kier molecular flexibility index (Phi) is 4.77. The molecular weight excluding hydrogens is 228 g/mol. The molecule has 1 unspecified atom stereocenters. The van der Waals surface area contributed by atoms with Crippen molar-refractivity contribution in [1.82, 2.24) is 0 Å². The summed E-state index contributed by atoms with van der Waals surface area (Å²) in [4.78, 5) is 10.7. The molecule has 4 heteroatoms. The maximum absolute atomic E-state index is 10.7. The van der Waals surface area contributed by atoms with Crippen LogP contribution in [0.4, 0.5) is 0 Å². The van der Waals surface area contributed by atoms with Crippen LogP contribution in [0.2, 0.25) is 0 Å². The molecule has 0 spiro atoms. The van der Waals surface area contributed by atoms with Gasteiger partial charge in [-0.1, -0.05) is 18.2 Å². The molecule has 0 aliphatic carbocycles. The number of carboxylic acid groups (broad SMARTS) is 1. The van der Waals surface area contributed by atoms with Crippen molar-refractivity contribution in [2.24, 2.45) is 0 Å². The Morgan fingerprint density at radius 1 is 1.50 bits per heavy atom. The van der Waals surface area contributed by atoms with E-state index < -0.39 is 12.1 Å². The summed E-state index contributed by atoms with van der Waals surface area (Å²) in [5, 5.41) is 18.3. The third-order valence-corrected chi connectivity index (χ3v) is 2.74. The van der Waals surface area contributed by atoms with Gasteiger partial charge in [-0.15, -0.1) is 11.6 Å². The van der Waals surface area contributed by atoms with Gasteiger partial charge < -0.3 is 10.2 Å². The van der Waals surface area contributed by atoms with Crippen molar-refractivity contribution in [2.75, 3.05) is 5.88 Å². The fraction of sp³-hybridized carbons (Fsp3) is 0.417. The third kappa shape index (κ3) is 3.22. The second-order valence-electron chi connectivity index (χ2n) is 3.72. The maximum Gasteiger partial charge on any atom is 0.337 e. The molecule has 0 aliphatic rings. The van der Waals surface area contributed by atoms with Crippen LogP contribution >= 0.6 is 11.6 Å². The number of hydrogen-bond donors (Lipinski definition) is 2. The number of carboxylic acids is 1. The zero-order chi connectivity index (χ0) is 12.1. The molecule has 0 saturated carbocycles. The van der Waals surface area contributed by atoms with E-state index in [0.717, 1.165) is 24.0 Å². The molecule has 88 valence electrons. The summed E-state index contributed by atoms with van der Waals surface area (Å²) >= 11 is 5.59. The lowest BCUT2D eigenvalue weighted by atomic mass is 9.98. The Balaban J connectivity index is 2.94. The molecule has 1 atom stereocenters. The van der Waals surface area contributed by atoms with Crippen molar-refractivity contribution in [3.63, 3.8) is 0 Å². The van der Waals surface area contributed by atoms with E-state index in [2.05, 4.69) is 0 Å². The van der Waals surface area contributed by atoms with Gasteiger partial charge in [0.15, 0.2) is 6.10 Å². The molecule has 1 rings (SSSR count). The molecule has 0 heterocycles. The molecule has 0 bridgehead atoms. The monoisotopic (exact) mass is 242 g/mol. The number of benzene rings is 1. The highest BCUT2D eigenvalue weighted by Crippen LogP contribution is 2.20. The molecule has 0 amide bonds. The molecule has 1 aromatic rings. The minimum absolute atomic E-state index is 0.458. The Hall–Kier alpha value is -1.06. The molecule has 0 radical (unpaired) electrons. The second kappa shape index (κ2) is 5.87. The first kappa shape index (κ1) is 13.0. The topological polar surface area (TPSA) is 57.5 Å². The number of aliphatic hydroxyl groups is 1. The summed E-state index contributed by atoms with van der Waals surface area (Å²) < 4.78 is 0. The number of aryl methyl sites for hydroxylation is 2. The van der Waals surface area contributed by atoms with Crippen molar-refractivity contribution in [2.45, 2.75) is 25.9 Å². The first-order valence-corrected chi connectivity index (χ1v) is 5.66. The van der Waals surface area contributed by atoms with Gasteiger partial charge in [0, 0.05) is 5.88 Å². The van der Waals surface area contributed by atoms with Crippen LogP contribution in [0.3, 0.4) is 0 Å². The van der Waals surface area contributed by atoms with E-state index in [-0.39, 0.29) is 0 Å². The van der Waals surface area contributed by atoms with E-state index >= 15 is 0 Å². The standard InChI is InChI=1S/C12H15ClO3/c1-8-4-5-9(3-2-6-13)7-10(8)11(14)12(15)16/h4-5,7,11,14H,2-3,6H2,1H3,(H,15,16). The zero-order valence-corrected chi connectivity index (χ0v) is 9.87. The summed E-state index contributed by atoms with van der Waals surface area (Å²) in [5.74, 6) is -0.650. The number of aliphatic carboxylic acids is 1. The number of hydrogen-bond acceptors (Lipinski definition) is 2. The number of carbonyl (C=O) groups is 1. The van der Waals surface area contributed by atoms with Crippen molar-refractivity contribution >= 4 is 17.6 Å². The summed E-state index contributed by atoms with van der Waals surface area (Å²) in [7, 11) is 0. The predicted octanol–water partition coefficient (Wildman–Crippen LogP) is 2.28. The quantitative estimate of drug-likeness (QED) is 0.779. The second-order valence-corrected chi connectivity index (χ2v) is 4.10. The summed E-state index contributed by atoms with van der Waals surface area (Å²) in [6.07, 6.45) is 0.187. The Morgan fingerprint density at radius 3 is 2.75 bits per heavy atom. The lowest BCUT2D eigenvalue weighted by Crippen LogP contribution is -2.12. The summed E-state index contributed by atoms with van der Waals surface area (Å²) in [6, 6.07) is 5.49. The van der Waals surface area contributed by atoms with Crippen LogP contribution in [-0.4, -0.2) is 22.1 Å². The van der Waals surface area contributed by atoms with Gasteiger partial charge in [-0.3, -0.25) is 0 Å². The summed E-state index contributed by atoms with van der Waals surface area (Å²) in [5.41, 5.74) is 2.24. The normalized spacial score (nSPS) is 12.4. The first-order chi connectivity index (χ1) is 7.56. The lowest BCUT2D eigenvalue weighted by Gasteiger charge is -2.11. The van der Waals surface area contributed by atoms with Gasteiger partial charge in [-0.25, -0.2) is 4.79 Å². The van der Waals surface area contributed by atoms with E-state index in [4.69, 9.17) is 16.7 Å². The summed E-state index contributed by atoms with van der Waals surface area (Å²) in [6.45, 7) is 1.78. The van der Waals surface area contributed by atoms with E-state index in [1.807, 2.05) is 12.1 Å². The molecule has 16 heavy (non-hydrogen) atoms. The van der Waals surface area contributed by atoms with Crippen LogP contribution in [0.25, 0.3) is 0 Å². The fourth-order valence-electron chi connectivity index (χ4n) is 1.54. The van der Waals surface area contributed by atoms with E-state index in [0.29, 0.717) is 11.4 Å². The Morgan fingerprint density at radius 2 is 2.19 bits per heavy atom. The van der Waals surface area contributed by atoms with Gasteiger partial charge >= 0.3 is 5.97 Å². The van der Waals surface area contributed by atoms with Crippen LogP contribution in [0.15, 0.2) is 18.2 Å². The number of halogens is 1. The van der Waals surface area contributed by atoms with Gasteiger partial charge in [0.25, 0.3) is 0 Å². The number of aliphatic hydroxyl groups excluding tert-OH is 1. The zero-order valence-electron chi connectivity index (χ0n) is 9.11. The van der Waals surface area contributed by atoms with Crippen LogP contribution < -0.4 is 0 Å². The average molecular weight is 243 g/mol. The van der Waals surface area contributed by atoms with Gasteiger partial charge in [0.1, 0.15) is 0 Å². The first-order valence-electron chi connectivity index (χ1n) is 5.12. The molecule has 1 aromatic carbocycles. The van der Waals surface area contributed by atoms with Crippen molar-refractivity contribution in [3.8, 4) is 0 Å². The predicted molar refractivity (Wildman–Crippen MR) is 62.8 cm³/mol. The molecule has 2 N–H and O–H groups in total. The van der Waals surface area contributed by atoms with Crippen molar-refractivity contribution in [3.05, 3.63) is 34.9 Å². The van der Waals surface area contributed by atoms with Gasteiger partial charge in [0.2, 0.25) is 0 Å². The van der Waals surface area contributed by atoms with Crippen LogP contribution in [-0.2, 0) is 11.2 Å². The minimum atomic E-state index is -1.45. The van der Waals surface area contributed by atoms with Gasteiger partial charge in [-0.05, 0) is 36.5 Å². The SMILES string of the molecule is Cc1ccc(CCCCl)cc1C(O)C(=O)O. The number of alkyl halides is 1. The lowest BCUT2D eigenvalue weighted by molar-refractivity contribution is -0.147. The third-order valence-electron chi connectivity index (χ3n) is 2.47. The van der Waals surface area contributed by atoms with Crippen LogP contribution in [0.1, 0.15) is 29.2 Å². The maximum atomic E-state index is 10.7. The molecule has 0 aromatic heterocycles. The molecule has 0 fully saturated rings. The minimum Gasteiger partial charge on any atom is -0.479 e. The smallest absolute Gasteiger partial charge is 0.337 e.